The molecule has 0 aliphatic heterocycles. The Morgan fingerprint density at radius 3 is 2.71 bits per heavy atom. The topological polar surface area (TPSA) is 29.9 Å². The van der Waals surface area contributed by atoms with E-state index in [2.05, 4.69) is 66.2 Å². The lowest BCUT2D eigenvalue weighted by Crippen LogP contribution is -2.24. The van der Waals surface area contributed by atoms with E-state index < -0.39 is 0 Å². The number of nitrogens with zero attached hydrogens (tertiary/aromatic N) is 2. The molecule has 0 aliphatic carbocycles. The molecule has 2 rings (SSSR count). The van der Waals surface area contributed by atoms with Crippen molar-refractivity contribution in [1.82, 2.24) is 15.1 Å². The maximum atomic E-state index is 4.46. The number of benzene rings is 1. The van der Waals surface area contributed by atoms with Crippen LogP contribution in [0.5, 0.6) is 0 Å². The van der Waals surface area contributed by atoms with Gasteiger partial charge in [-0.3, -0.25) is 4.68 Å². The highest BCUT2D eigenvalue weighted by atomic mass is 15.3. The van der Waals surface area contributed by atoms with Crippen LogP contribution in [-0.2, 0) is 13.0 Å². The molecule has 1 atom stereocenters. The van der Waals surface area contributed by atoms with Crippen molar-refractivity contribution >= 4 is 0 Å². The van der Waals surface area contributed by atoms with Crippen molar-refractivity contribution in [3.63, 3.8) is 0 Å². The van der Waals surface area contributed by atoms with Gasteiger partial charge in [0.2, 0.25) is 0 Å². The zero-order valence-electron chi connectivity index (χ0n) is 13.5. The molecule has 3 nitrogen and oxygen atoms in total. The third kappa shape index (κ3) is 4.18. The van der Waals surface area contributed by atoms with Crippen molar-refractivity contribution in [2.45, 2.75) is 52.6 Å². The molecule has 0 saturated heterocycles. The summed E-state index contributed by atoms with van der Waals surface area (Å²) in [6.07, 6.45) is 5.24. The molecule has 0 amide bonds. The summed E-state index contributed by atoms with van der Waals surface area (Å²) in [5.41, 5.74) is 4.14. The summed E-state index contributed by atoms with van der Waals surface area (Å²) in [6, 6.07) is 11.2. The molecular weight excluding hydrogens is 258 g/mol. The van der Waals surface area contributed by atoms with E-state index in [1.807, 2.05) is 6.20 Å². The molecule has 2 aromatic rings. The molecule has 0 spiro atoms. The summed E-state index contributed by atoms with van der Waals surface area (Å²) < 4.78 is 2.14. The average Bonchev–Trinajstić information content (AvgIpc) is 2.93. The van der Waals surface area contributed by atoms with Crippen LogP contribution in [0.4, 0.5) is 0 Å². The van der Waals surface area contributed by atoms with Crippen molar-refractivity contribution in [3.05, 3.63) is 53.3 Å². The molecule has 1 aromatic heterocycles. The van der Waals surface area contributed by atoms with Crippen LogP contribution < -0.4 is 5.32 Å². The van der Waals surface area contributed by atoms with E-state index in [0.717, 1.165) is 32.4 Å². The molecule has 1 N–H and O–H groups in total. The largest absolute Gasteiger partial charge is 0.309 e. The zero-order chi connectivity index (χ0) is 15.1. The van der Waals surface area contributed by atoms with Gasteiger partial charge in [0.1, 0.15) is 0 Å². The monoisotopic (exact) mass is 285 g/mol. The van der Waals surface area contributed by atoms with Gasteiger partial charge >= 0.3 is 0 Å². The Morgan fingerprint density at radius 2 is 2.00 bits per heavy atom. The summed E-state index contributed by atoms with van der Waals surface area (Å²) in [5.74, 6) is 0. The lowest BCUT2D eigenvalue weighted by atomic mass is 9.99. The van der Waals surface area contributed by atoms with Gasteiger partial charge < -0.3 is 5.32 Å². The van der Waals surface area contributed by atoms with E-state index in [4.69, 9.17) is 0 Å². The first-order chi connectivity index (χ1) is 10.3. The van der Waals surface area contributed by atoms with Crippen LogP contribution in [0.1, 0.15) is 49.6 Å². The van der Waals surface area contributed by atoms with E-state index in [9.17, 15) is 0 Å². The predicted molar refractivity (Wildman–Crippen MR) is 88.4 cm³/mol. The first-order valence-corrected chi connectivity index (χ1v) is 8.05. The summed E-state index contributed by atoms with van der Waals surface area (Å²) in [4.78, 5) is 0. The Labute approximate surface area is 128 Å². The molecule has 0 saturated carbocycles. The second-order valence-corrected chi connectivity index (χ2v) is 5.55. The SMILES string of the molecule is CCCn1nccc1C(CCc1ccccc1C)NCC. The first kappa shape index (κ1) is 15.8. The highest BCUT2D eigenvalue weighted by Gasteiger charge is 2.15. The van der Waals surface area contributed by atoms with Crippen LogP contribution in [0.15, 0.2) is 36.5 Å². The van der Waals surface area contributed by atoms with Crippen molar-refractivity contribution in [2.24, 2.45) is 0 Å². The van der Waals surface area contributed by atoms with Crippen LogP contribution in [0.2, 0.25) is 0 Å². The van der Waals surface area contributed by atoms with Gasteiger partial charge in [0.05, 0.1) is 5.69 Å². The van der Waals surface area contributed by atoms with Crippen molar-refractivity contribution in [2.75, 3.05) is 6.54 Å². The molecule has 114 valence electrons. The second-order valence-electron chi connectivity index (χ2n) is 5.55. The summed E-state index contributed by atoms with van der Waals surface area (Å²) >= 11 is 0. The normalized spacial score (nSPS) is 12.5. The molecule has 21 heavy (non-hydrogen) atoms. The molecule has 0 aliphatic rings. The lowest BCUT2D eigenvalue weighted by Gasteiger charge is -2.20. The van der Waals surface area contributed by atoms with Gasteiger partial charge in [0.25, 0.3) is 0 Å². The number of hydrogen-bond acceptors (Lipinski definition) is 2. The van der Waals surface area contributed by atoms with Crippen LogP contribution in [-0.4, -0.2) is 16.3 Å². The Morgan fingerprint density at radius 1 is 1.19 bits per heavy atom. The van der Waals surface area contributed by atoms with Gasteiger partial charge in [-0.05, 0) is 49.9 Å². The number of aryl methyl sites for hydroxylation is 3. The number of hydrogen-bond donors (Lipinski definition) is 1. The summed E-state index contributed by atoms with van der Waals surface area (Å²) in [5, 5.41) is 8.07. The zero-order valence-corrected chi connectivity index (χ0v) is 13.5. The fourth-order valence-corrected chi connectivity index (χ4v) is 2.83. The van der Waals surface area contributed by atoms with Crippen LogP contribution in [0, 0.1) is 6.92 Å². The minimum absolute atomic E-state index is 0.378. The fraction of sp³-hybridized carbons (Fsp3) is 0.500. The molecule has 0 radical (unpaired) electrons. The Kier molecular flexibility index (Phi) is 6.00. The van der Waals surface area contributed by atoms with Gasteiger partial charge in [0.15, 0.2) is 0 Å². The fourth-order valence-electron chi connectivity index (χ4n) is 2.83. The van der Waals surface area contributed by atoms with Crippen LogP contribution in [0.3, 0.4) is 0 Å². The maximum absolute atomic E-state index is 4.46. The molecule has 0 bridgehead atoms. The number of rotatable bonds is 8. The third-order valence-electron chi connectivity index (χ3n) is 3.96. The molecule has 1 unspecified atom stereocenters. The lowest BCUT2D eigenvalue weighted by molar-refractivity contribution is 0.457. The van der Waals surface area contributed by atoms with E-state index in [-0.39, 0.29) is 0 Å². The maximum Gasteiger partial charge on any atom is 0.0553 e. The summed E-state index contributed by atoms with van der Waals surface area (Å²) in [7, 11) is 0. The van der Waals surface area contributed by atoms with Gasteiger partial charge in [0, 0.05) is 18.8 Å². The van der Waals surface area contributed by atoms with Crippen LogP contribution >= 0.6 is 0 Å². The Balaban J connectivity index is 2.08. The number of aromatic nitrogens is 2. The standard InChI is InChI=1S/C18H27N3/c1-4-14-21-18(12-13-20-21)17(19-5-2)11-10-16-9-7-6-8-15(16)3/h6-9,12-13,17,19H,4-5,10-11,14H2,1-3H3. The quantitative estimate of drug-likeness (QED) is 0.797. The molecule has 1 heterocycles. The summed E-state index contributed by atoms with van der Waals surface area (Å²) in [6.45, 7) is 8.53. The number of nitrogens with one attached hydrogen (secondary N) is 1. The first-order valence-electron chi connectivity index (χ1n) is 8.05. The van der Waals surface area contributed by atoms with Crippen molar-refractivity contribution in [1.29, 1.82) is 0 Å². The van der Waals surface area contributed by atoms with Crippen LogP contribution in [0.25, 0.3) is 0 Å². The minimum atomic E-state index is 0.378. The van der Waals surface area contributed by atoms with E-state index in [0.29, 0.717) is 6.04 Å². The van der Waals surface area contributed by atoms with Gasteiger partial charge in [-0.2, -0.15) is 5.10 Å². The highest BCUT2D eigenvalue weighted by molar-refractivity contribution is 5.26. The predicted octanol–water partition coefficient (Wildman–Crippen LogP) is 3.88. The van der Waals surface area contributed by atoms with Crippen molar-refractivity contribution in [3.8, 4) is 0 Å². The minimum Gasteiger partial charge on any atom is -0.309 e. The third-order valence-corrected chi connectivity index (χ3v) is 3.96. The molecular formula is C18H27N3. The van der Waals surface area contributed by atoms with Gasteiger partial charge in [-0.15, -0.1) is 0 Å². The van der Waals surface area contributed by atoms with E-state index in [1.165, 1.54) is 16.8 Å². The Hall–Kier alpha value is -1.61. The molecule has 1 aromatic carbocycles. The van der Waals surface area contributed by atoms with E-state index >= 15 is 0 Å². The van der Waals surface area contributed by atoms with Crippen molar-refractivity contribution < 1.29 is 0 Å². The van der Waals surface area contributed by atoms with Gasteiger partial charge in [-0.1, -0.05) is 38.1 Å². The Bertz CT molecular complexity index is 545. The average molecular weight is 285 g/mol. The van der Waals surface area contributed by atoms with Gasteiger partial charge in [-0.25, -0.2) is 0 Å². The second kappa shape index (κ2) is 7.99. The molecule has 3 heteroatoms. The highest BCUT2D eigenvalue weighted by Crippen LogP contribution is 2.20. The van der Waals surface area contributed by atoms with E-state index in [1.54, 1.807) is 0 Å². The molecule has 0 fully saturated rings. The smallest absolute Gasteiger partial charge is 0.0553 e.